The number of sulfonamides is 1. The summed E-state index contributed by atoms with van der Waals surface area (Å²) in [4.78, 5) is 13.6. The number of hydrogen-bond donors (Lipinski definition) is 0. The molecule has 162 valence electrons. The van der Waals surface area contributed by atoms with Gasteiger partial charge in [0.15, 0.2) is 6.61 Å². The predicted octanol–water partition coefficient (Wildman–Crippen LogP) is 2.07. The van der Waals surface area contributed by atoms with Crippen LogP contribution in [0.2, 0.25) is 0 Å². The quantitative estimate of drug-likeness (QED) is 0.617. The van der Waals surface area contributed by atoms with Crippen molar-refractivity contribution in [1.29, 1.82) is 0 Å². The van der Waals surface area contributed by atoms with E-state index in [0.717, 1.165) is 11.4 Å². The number of carbonyl (C=O) groups excluding carboxylic acids is 1. The number of nitrogens with zero attached hydrogens (tertiary/aromatic N) is 2. The lowest BCUT2D eigenvalue weighted by Gasteiger charge is -2.35. The van der Waals surface area contributed by atoms with Crippen LogP contribution in [0.4, 0.5) is 5.69 Å². The molecule has 1 aliphatic heterocycles. The molecule has 0 radical (unpaired) electrons. The average molecular weight is 435 g/mol. The maximum atomic E-state index is 13.1. The van der Waals surface area contributed by atoms with Gasteiger partial charge in [-0.15, -0.1) is 0 Å². The number of aryl methyl sites for hydroxylation is 1. The van der Waals surface area contributed by atoms with Gasteiger partial charge in [-0.25, -0.2) is 13.2 Å². The molecule has 3 rings (SSSR count). The molecule has 30 heavy (non-hydrogen) atoms. The fourth-order valence-corrected chi connectivity index (χ4v) is 4.78. The molecule has 2 aromatic carbocycles. The second-order valence-corrected chi connectivity index (χ2v) is 8.82. The molecule has 0 aliphatic carbocycles. The second kappa shape index (κ2) is 9.36. The van der Waals surface area contributed by atoms with Crippen LogP contribution < -0.4 is 14.4 Å². The van der Waals surface area contributed by atoms with Crippen LogP contribution >= 0.6 is 0 Å². The normalized spacial score (nSPS) is 15.0. The van der Waals surface area contributed by atoms with Gasteiger partial charge in [-0.2, -0.15) is 4.31 Å². The Hall–Kier alpha value is -2.78. The zero-order valence-electron chi connectivity index (χ0n) is 17.3. The fraction of sp³-hybridized carbons (Fsp3) is 0.381. The highest BCUT2D eigenvalue weighted by molar-refractivity contribution is 7.89. The molecule has 0 atom stereocenters. The Kier molecular flexibility index (Phi) is 6.84. The minimum atomic E-state index is -3.61. The second-order valence-electron chi connectivity index (χ2n) is 6.88. The number of hydrogen-bond acceptors (Lipinski definition) is 7. The van der Waals surface area contributed by atoms with Crippen molar-refractivity contribution in [1.82, 2.24) is 4.31 Å². The Morgan fingerprint density at radius 2 is 1.67 bits per heavy atom. The van der Waals surface area contributed by atoms with E-state index in [4.69, 9.17) is 9.47 Å². The van der Waals surface area contributed by atoms with Gasteiger partial charge >= 0.3 is 5.97 Å². The summed E-state index contributed by atoms with van der Waals surface area (Å²) in [6, 6.07) is 12.4. The molecule has 0 saturated carbocycles. The molecule has 1 aliphatic rings. The first kappa shape index (κ1) is 21.9. The summed E-state index contributed by atoms with van der Waals surface area (Å²) < 4.78 is 42.7. The summed E-state index contributed by atoms with van der Waals surface area (Å²) in [5, 5.41) is 0. The lowest BCUT2D eigenvalue weighted by molar-refractivity contribution is -0.142. The molecule has 0 amide bonds. The Bertz CT molecular complexity index is 983. The summed E-state index contributed by atoms with van der Waals surface area (Å²) in [6.07, 6.45) is 0. The Morgan fingerprint density at radius 1 is 1.00 bits per heavy atom. The van der Waals surface area contributed by atoms with E-state index in [2.05, 4.69) is 9.64 Å². The third-order valence-corrected chi connectivity index (χ3v) is 6.93. The van der Waals surface area contributed by atoms with Crippen molar-refractivity contribution in [3.8, 4) is 11.5 Å². The standard InChI is InChI=1S/C21H26N2O6S/c1-16-14-19(8-9-20(16)29-15-21(24)28-3)30(25,26)23-12-10-22(11-13-23)17-4-6-18(27-2)7-5-17/h4-9,14H,10-13,15H2,1-3H3. The molecule has 9 heteroatoms. The van der Waals surface area contributed by atoms with Crippen LogP contribution in [0.1, 0.15) is 5.56 Å². The number of benzene rings is 2. The van der Waals surface area contributed by atoms with Gasteiger partial charge in [0, 0.05) is 31.9 Å². The van der Waals surface area contributed by atoms with E-state index in [1.807, 2.05) is 24.3 Å². The summed E-state index contributed by atoms with van der Waals surface area (Å²) in [7, 11) is -0.710. The van der Waals surface area contributed by atoms with E-state index >= 15 is 0 Å². The Morgan fingerprint density at radius 3 is 2.23 bits per heavy atom. The monoisotopic (exact) mass is 434 g/mol. The van der Waals surface area contributed by atoms with Gasteiger partial charge in [0.1, 0.15) is 11.5 Å². The van der Waals surface area contributed by atoms with Crippen LogP contribution in [0.15, 0.2) is 47.4 Å². The first-order chi connectivity index (χ1) is 14.3. The van der Waals surface area contributed by atoms with Crippen molar-refractivity contribution in [3.63, 3.8) is 0 Å². The summed E-state index contributed by atoms with van der Waals surface area (Å²) in [6.45, 7) is 3.52. The van der Waals surface area contributed by atoms with E-state index in [1.165, 1.54) is 17.5 Å². The van der Waals surface area contributed by atoms with Gasteiger partial charge in [0.25, 0.3) is 0 Å². The molecule has 1 heterocycles. The van der Waals surface area contributed by atoms with Crippen molar-refractivity contribution in [2.75, 3.05) is 51.9 Å². The van der Waals surface area contributed by atoms with Crippen molar-refractivity contribution in [2.45, 2.75) is 11.8 Å². The SMILES string of the molecule is COC(=O)COc1ccc(S(=O)(=O)N2CCN(c3ccc(OC)cc3)CC2)cc1C. The van der Waals surface area contributed by atoms with E-state index in [9.17, 15) is 13.2 Å². The van der Waals surface area contributed by atoms with Crippen LogP contribution in [-0.2, 0) is 19.6 Å². The van der Waals surface area contributed by atoms with Crippen LogP contribution in [0.5, 0.6) is 11.5 Å². The number of anilines is 1. The third-order valence-electron chi connectivity index (χ3n) is 5.03. The van der Waals surface area contributed by atoms with Gasteiger partial charge in [0.2, 0.25) is 10.0 Å². The zero-order valence-corrected chi connectivity index (χ0v) is 18.1. The minimum absolute atomic E-state index is 0.211. The van der Waals surface area contributed by atoms with Gasteiger partial charge < -0.3 is 19.1 Å². The van der Waals surface area contributed by atoms with Gasteiger partial charge in [-0.3, -0.25) is 0 Å². The Balaban J connectivity index is 1.66. The van der Waals surface area contributed by atoms with Gasteiger partial charge in [0.05, 0.1) is 19.1 Å². The van der Waals surface area contributed by atoms with Gasteiger partial charge in [-0.1, -0.05) is 0 Å². The summed E-state index contributed by atoms with van der Waals surface area (Å²) in [5.41, 5.74) is 1.67. The molecule has 0 spiro atoms. The van der Waals surface area contributed by atoms with Crippen LogP contribution in [0, 0.1) is 6.92 Å². The zero-order chi connectivity index (χ0) is 21.7. The number of ether oxygens (including phenoxy) is 3. The first-order valence-electron chi connectivity index (χ1n) is 9.54. The van der Waals surface area contributed by atoms with E-state index in [0.29, 0.717) is 37.5 Å². The molecule has 1 fully saturated rings. The van der Waals surface area contributed by atoms with Crippen LogP contribution in [0.25, 0.3) is 0 Å². The highest BCUT2D eigenvalue weighted by Crippen LogP contribution is 2.26. The molecule has 0 bridgehead atoms. The van der Waals surface area contributed by atoms with Crippen molar-refractivity contribution in [2.24, 2.45) is 0 Å². The highest BCUT2D eigenvalue weighted by Gasteiger charge is 2.29. The number of piperazine rings is 1. The molecule has 8 nitrogen and oxygen atoms in total. The maximum absolute atomic E-state index is 13.1. The van der Waals surface area contributed by atoms with E-state index in [1.54, 1.807) is 26.2 Å². The predicted molar refractivity (Wildman–Crippen MR) is 113 cm³/mol. The lowest BCUT2D eigenvalue weighted by Crippen LogP contribution is -2.48. The van der Waals surface area contributed by atoms with Crippen LogP contribution in [0.3, 0.4) is 0 Å². The molecular formula is C21H26N2O6S. The maximum Gasteiger partial charge on any atom is 0.343 e. The number of carbonyl (C=O) groups is 1. The van der Waals surface area contributed by atoms with Crippen molar-refractivity contribution >= 4 is 21.7 Å². The molecule has 2 aromatic rings. The minimum Gasteiger partial charge on any atom is -0.497 e. The van der Waals surface area contributed by atoms with Gasteiger partial charge in [-0.05, 0) is 55.0 Å². The fourth-order valence-electron chi connectivity index (χ4n) is 3.27. The first-order valence-corrected chi connectivity index (χ1v) is 11.0. The van der Waals surface area contributed by atoms with E-state index in [-0.39, 0.29) is 11.5 Å². The number of methoxy groups -OCH3 is 2. The Labute approximate surface area is 177 Å². The number of esters is 1. The summed E-state index contributed by atoms with van der Waals surface area (Å²) >= 11 is 0. The number of rotatable bonds is 7. The molecule has 0 unspecified atom stereocenters. The van der Waals surface area contributed by atoms with Crippen molar-refractivity contribution < 1.29 is 27.4 Å². The average Bonchev–Trinajstić information content (AvgIpc) is 2.78. The molecular weight excluding hydrogens is 408 g/mol. The van der Waals surface area contributed by atoms with Crippen molar-refractivity contribution in [3.05, 3.63) is 48.0 Å². The molecule has 1 saturated heterocycles. The smallest absolute Gasteiger partial charge is 0.343 e. The largest absolute Gasteiger partial charge is 0.497 e. The molecule has 0 N–H and O–H groups in total. The molecule has 0 aromatic heterocycles. The lowest BCUT2D eigenvalue weighted by atomic mass is 10.2. The summed E-state index contributed by atoms with van der Waals surface area (Å²) in [5.74, 6) is 0.735. The van der Waals surface area contributed by atoms with E-state index < -0.39 is 16.0 Å². The third kappa shape index (κ3) is 4.85. The highest BCUT2D eigenvalue weighted by atomic mass is 32.2. The topological polar surface area (TPSA) is 85.4 Å². The van der Waals surface area contributed by atoms with Crippen LogP contribution in [-0.4, -0.2) is 65.7 Å².